The summed E-state index contributed by atoms with van der Waals surface area (Å²) in [4.78, 5) is 5.26. The molecule has 0 spiro atoms. The zero-order valence-electron chi connectivity index (χ0n) is 27.1. The van der Waals surface area contributed by atoms with Gasteiger partial charge in [-0.05, 0) is 24.8 Å². The Morgan fingerprint density at radius 1 is 0.450 bits per heavy atom. The summed E-state index contributed by atoms with van der Waals surface area (Å²) >= 11 is 0. The molecule has 0 aromatic heterocycles. The Labute approximate surface area is 251 Å². The molecule has 0 radical (unpaired) electrons. The summed E-state index contributed by atoms with van der Waals surface area (Å²) in [6, 6.07) is 11.0. The lowest BCUT2D eigenvalue weighted by Gasteiger charge is -2.33. The first kappa shape index (κ1) is 34.8. The largest absolute Gasteiger partial charge is 0.356 e. The normalized spacial score (nSPS) is 15.0. The van der Waals surface area contributed by atoms with Crippen molar-refractivity contribution in [1.29, 1.82) is 0 Å². The van der Waals surface area contributed by atoms with Crippen molar-refractivity contribution in [1.82, 2.24) is 9.80 Å². The Morgan fingerprint density at radius 3 is 1.32 bits per heavy atom. The molecule has 0 aliphatic carbocycles. The maximum atomic E-state index is 2.66. The molecule has 1 aromatic rings. The minimum absolute atomic E-state index is 0.552. The molecule has 1 aliphatic rings. The summed E-state index contributed by atoms with van der Waals surface area (Å²) in [6.07, 6.45) is 40.9. The second-order valence-electron chi connectivity index (χ2n) is 12.7. The molecule has 0 saturated heterocycles. The van der Waals surface area contributed by atoms with Crippen LogP contribution in [-0.2, 0) is 6.54 Å². The van der Waals surface area contributed by atoms with Gasteiger partial charge in [0.1, 0.15) is 6.17 Å². The van der Waals surface area contributed by atoms with Crippen LogP contribution in [-0.4, -0.2) is 22.5 Å². The molecular formula is C38H68N2. The number of unbranched alkanes of at least 4 members (excludes halogenated alkanes) is 22. The molecule has 0 N–H and O–H groups in total. The second-order valence-corrected chi connectivity index (χ2v) is 12.7. The summed E-state index contributed by atoms with van der Waals surface area (Å²) in [6.45, 7) is 6.87. The molecule has 1 unspecified atom stereocenters. The summed E-state index contributed by atoms with van der Waals surface area (Å²) in [7, 11) is 0. The third kappa shape index (κ3) is 17.4. The van der Waals surface area contributed by atoms with Gasteiger partial charge in [-0.3, -0.25) is 0 Å². The summed E-state index contributed by atoms with van der Waals surface area (Å²) in [5.74, 6) is 0. The van der Waals surface area contributed by atoms with Gasteiger partial charge in [0, 0.05) is 25.5 Å². The van der Waals surface area contributed by atoms with Gasteiger partial charge in [0.15, 0.2) is 0 Å². The zero-order valence-corrected chi connectivity index (χ0v) is 27.1. The monoisotopic (exact) mass is 553 g/mol. The van der Waals surface area contributed by atoms with Crippen LogP contribution in [0.2, 0.25) is 0 Å². The van der Waals surface area contributed by atoms with Crippen molar-refractivity contribution >= 4 is 0 Å². The van der Waals surface area contributed by atoms with E-state index in [1.807, 2.05) is 0 Å². The third-order valence-electron chi connectivity index (χ3n) is 9.01. The van der Waals surface area contributed by atoms with Crippen LogP contribution >= 0.6 is 0 Å². The van der Waals surface area contributed by atoms with Crippen molar-refractivity contribution < 1.29 is 0 Å². The van der Waals surface area contributed by atoms with Crippen molar-refractivity contribution in [2.24, 2.45) is 0 Å². The smallest absolute Gasteiger partial charge is 0.101 e. The molecule has 1 heterocycles. The predicted octanol–water partition coefficient (Wildman–Crippen LogP) is 12.4. The standard InChI is InChI=1S/C38H68N2/c1-3-5-7-9-11-13-14-15-16-17-18-19-20-22-24-29-33-39-34-35-40(36-37-30-26-25-27-31-37)38(39)32-28-23-21-12-10-8-6-4-2/h25-27,30-31,34-35,38H,3-24,28-29,32-33,36H2,1-2H3. The average molecular weight is 553 g/mol. The van der Waals surface area contributed by atoms with E-state index in [1.165, 1.54) is 173 Å². The van der Waals surface area contributed by atoms with Crippen molar-refractivity contribution in [2.75, 3.05) is 6.54 Å². The highest BCUT2D eigenvalue weighted by Crippen LogP contribution is 2.25. The lowest BCUT2D eigenvalue weighted by molar-refractivity contribution is 0.132. The topological polar surface area (TPSA) is 6.48 Å². The number of hydrogen-bond donors (Lipinski definition) is 0. The molecule has 40 heavy (non-hydrogen) atoms. The Morgan fingerprint density at radius 2 is 0.850 bits per heavy atom. The highest BCUT2D eigenvalue weighted by atomic mass is 15.4. The Bertz CT molecular complexity index is 684. The first-order valence-corrected chi connectivity index (χ1v) is 18.1. The fourth-order valence-electron chi connectivity index (χ4n) is 6.37. The molecule has 1 atom stereocenters. The van der Waals surface area contributed by atoms with Gasteiger partial charge >= 0.3 is 0 Å². The Kier molecular flexibility index (Phi) is 22.0. The molecule has 1 aliphatic heterocycles. The van der Waals surface area contributed by atoms with Crippen LogP contribution in [0.5, 0.6) is 0 Å². The van der Waals surface area contributed by atoms with Crippen LogP contribution in [0.25, 0.3) is 0 Å². The summed E-state index contributed by atoms with van der Waals surface area (Å²) in [5, 5.41) is 0. The van der Waals surface area contributed by atoms with Crippen LogP contribution in [0.3, 0.4) is 0 Å². The van der Waals surface area contributed by atoms with E-state index < -0.39 is 0 Å². The molecule has 0 amide bonds. The molecule has 230 valence electrons. The van der Waals surface area contributed by atoms with E-state index in [1.54, 1.807) is 0 Å². The van der Waals surface area contributed by atoms with Crippen molar-refractivity contribution in [3.05, 3.63) is 48.3 Å². The molecular weight excluding hydrogens is 484 g/mol. The summed E-state index contributed by atoms with van der Waals surface area (Å²) < 4.78 is 0. The van der Waals surface area contributed by atoms with Gasteiger partial charge in [-0.25, -0.2) is 0 Å². The number of benzene rings is 1. The quantitative estimate of drug-likeness (QED) is 0.0954. The molecule has 0 fully saturated rings. The van der Waals surface area contributed by atoms with Crippen molar-refractivity contribution in [2.45, 2.75) is 187 Å². The van der Waals surface area contributed by atoms with Gasteiger partial charge in [0.2, 0.25) is 0 Å². The molecule has 1 aromatic carbocycles. The molecule has 0 bridgehead atoms. The van der Waals surface area contributed by atoms with E-state index in [0.29, 0.717) is 6.17 Å². The predicted molar refractivity (Wildman–Crippen MR) is 178 cm³/mol. The van der Waals surface area contributed by atoms with E-state index in [2.05, 4.69) is 66.4 Å². The molecule has 2 heteroatoms. The van der Waals surface area contributed by atoms with Gasteiger partial charge in [-0.15, -0.1) is 0 Å². The fraction of sp³-hybridized carbons (Fsp3) is 0.789. The molecule has 2 rings (SSSR count). The van der Waals surface area contributed by atoms with Crippen LogP contribution in [0.1, 0.15) is 180 Å². The van der Waals surface area contributed by atoms with Gasteiger partial charge in [-0.1, -0.05) is 185 Å². The lowest BCUT2D eigenvalue weighted by Crippen LogP contribution is -2.38. The van der Waals surface area contributed by atoms with Crippen LogP contribution < -0.4 is 0 Å². The first-order chi connectivity index (χ1) is 19.8. The van der Waals surface area contributed by atoms with Gasteiger partial charge < -0.3 is 9.80 Å². The average Bonchev–Trinajstić information content (AvgIpc) is 3.35. The highest BCUT2D eigenvalue weighted by molar-refractivity contribution is 5.16. The third-order valence-corrected chi connectivity index (χ3v) is 9.01. The minimum atomic E-state index is 0.552. The molecule has 2 nitrogen and oxygen atoms in total. The Balaban J connectivity index is 1.53. The fourth-order valence-corrected chi connectivity index (χ4v) is 6.37. The maximum Gasteiger partial charge on any atom is 0.101 e. The van der Waals surface area contributed by atoms with Crippen LogP contribution in [0.15, 0.2) is 42.7 Å². The lowest BCUT2D eigenvalue weighted by atomic mass is 10.0. The van der Waals surface area contributed by atoms with E-state index in [9.17, 15) is 0 Å². The minimum Gasteiger partial charge on any atom is -0.356 e. The van der Waals surface area contributed by atoms with Crippen LogP contribution in [0.4, 0.5) is 0 Å². The van der Waals surface area contributed by atoms with Gasteiger partial charge in [-0.2, -0.15) is 0 Å². The SMILES string of the molecule is CCCCCCCCCCCCCCCCCCN1C=CN(Cc2ccccc2)C1CCCCCCCCCC. The van der Waals surface area contributed by atoms with E-state index in [0.717, 1.165) is 6.54 Å². The zero-order chi connectivity index (χ0) is 28.4. The number of rotatable bonds is 28. The maximum absolute atomic E-state index is 2.66. The van der Waals surface area contributed by atoms with Crippen molar-refractivity contribution in [3.63, 3.8) is 0 Å². The van der Waals surface area contributed by atoms with Crippen molar-refractivity contribution in [3.8, 4) is 0 Å². The number of nitrogens with zero attached hydrogens (tertiary/aromatic N) is 2. The first-order valence-electron chi connectivity index (χ1n) is 18.1. The van der Waals surface area contributed by atoms with E-state index >= 15 is 0 Å². The van der Waals surface area contributed by atoms with Gasteiger partial charge in [0.25, 0.3) is 0 Å². The van der Waals surface area contributed by atoms with E-state index in [-0.39, 0.29) is 0 Å². The molecule has 0 saturated carbocycles. The summed E-state index contributed by atoms with van der Waals surface area (Å²) in [5.41, 5.74) is 1.43. The van der Waals surface area contributed by atoms with Crippen LogP contribution in [0, 0.1) is 0 Å². The highest BCUT2D eigenvalue weighted by Gasteiger charge is 2.25. The Hall–Kier alpha value is -1.44. The van der Waals surface area contributed by atoms with E-state index in [4.69, 9.17) is 0 Å². The number of hydrogen-bond acceptors (Lipinski definition) is 2. The second kappa shape index (κ2) is 25.3. The van der Waals surface area contributed by atoms with Gasteiger partial charge in [0.05, 0.1) is 0 Å².